The van der Waals surface area contributed by atoms with Crippen molar-refractivity contribution in [2.24, 2.45) is 0 Å². The fourth-order valence-electron chi connectivity index (χ4n) is 1.49. The van der Waals surface area contributed by atoms with Crippen LogP contribution in [0, 0.1) is 0 Å². The van der Waals surface area contributed by atoms with E-state index < -0.39 is 36.0 Å². The van der Waals surface area contributed by atoms with E-state index in [9.17, 15) is 32.3 Å². The van der Waals surface area contributed by atoms with Crippen LogP contribution in [0.4, 0.5) is 13.2 Å². The Morgan fingerprint density at radius 3 is 2.21 bits per heavy atom. The van der Waals surface area contributed by atoms with Gasteiger partial charge in [0.2, 0.25) is 0 Å². The molecular formula is C15H19F3N3O7+. The minimum absolute atomic E-state index is 0.0530. The molecule has 13 heteroatoms. The van der Waals surface area contributed by atoms with Gasteiger partial charge in [0.15, 0.2) is 12.7 Å². The molecule has 0 aliphatic rings. The van der Waals surface area contributed by atoms with E-state index in [1.807, 2.05) is 0 Å². The molecule has 1 unspecified atom stereocenters. The van der Waals surface area contributed by atoms with Crippen molar-refractivity contribution in [2.45, 2.75) is 32.1 Å². The lowest BCUT2D eigenvalue weighted by Gasteiger charge is -2.10. The van der Waals surface area contributed by atoms with Gasteiger partial charge in [-0.2, -0.15) is 13.2 Å². The van der Waals surface area contributed by atoms with E-state index in [1.54, 1.807) is 0 Å². The summed E-state index contributed by atoms with van der Waals surface area (Å²) in [4.78, 5) is 42.9. The van der Waals surface area contributed by atoms with Gasteiger partial charge in [-0.3, -0.25) is 9.59 Å². The highest BCUT2D eigenvalue weighted by molar-refractivity contribution is 5.96. The van der Waals surface area contributed by atoms with Crippen molar-refractivity contribution < 1.29 is 51.6 Å². The summed E-state index contributed by atoms with van der Waals surface area (Å²) in [6.07, 6.45) is -2.10. The minimum atomic E-state index is -4.85. The van der Waals surface area contributed by atoms with Crippen LogP contribution in [0.5, 0.6) is 0 Å². The van der Waals surface area contributed by atoms with Gasteiger partial charge in [0, 0.05) is 6.07 Å². The Balaban J connectivity index is 0.000000769. The van der Waals surface area contributed by atoms with Crippen LogP contribution in [-0.4, -0.2) is 60.5 Å². The number of carbonyl (C=O) groups is 4. The van der Waals surface area contributed by atoms with Crippen LogP contribution in [-0.2, 0) is 30.4 Å². The van der Waals surface area contributed by atoms with Crippen LogP contribution in [0.15, 0.2) is 18.5 Å². The van der Waals surface area contributed by atoms with Gasteiger partial charge in [-0.1, -0.05) is 4.68 Å². The monoisotopic (exact) mass is 410 g/mol. The van der Waals surface area contributed by atoms with Gasteiger partial charge < -0.3 is 19.9 Å². The third kappa shape index (κ3) is 9.45. The number of ether oxygens (including phenoxy) is 2. The number of nitrogens with zero attached hydrogens (tertiary/aromatic N) is 2. The van der Waals surface area contributed by atoms with Gasteiger partial charge in [0.05, 0.1) is 19.8 Å². The summed E-state index contributed by atoms with van der Waals surface area (Å²) < 4.78 is 42.2. The smallest absolute Gasteiger partial charge is 0.481 e. The molecule has 0 radical (unpaired) electrons. The number of carboxylic acid groups (broad SMARTS) is 1. The second kappa shape index (κ2) is 11.5. The summed E-state index contributed by atoms with van der Waals surface area (Å²) in [5.41, 5.74) is 0.271. The molecule has 1 atom stereocenters. The summed E-state index contributed by atoms with van der Waals surface area (Å²) in [5.74, 6) is -4.09. The minimum Gasteiger partial charge on any atom is -0.481 e. The molecule has 0 aliphatic heterocycles. The second-order valence-electron chi connectivity index (χ2n) is 5.03. The first-order valence-electron chi connectivity index (χ1n) is 7.53. The molecule has 2 N–H and O–H groups in total. The van der Waals surface area contributed by atoms with E-state index in [-0.39, 0.29) is 18.5 Å². The Bertz CT molecular complexity index is 693. The fraction of sp³-hybridized carbons (Fsp3) is 0.467. The standard InChI is InChI=1S/C12H15N3O5.C3H3F3O2/c1-8(12(19)20-2)14-11(18)9-3-5-15(13-7-9)6-4-10(16)17;1-8-2(7)3(4,5)6/h3,5,7-8H,4,6H2,1-2H3,(H-,14,16,17,18);1H3/p+1. The number of nitrogens with one attached hydrogen (secondary N) is 1. The number of aliphatic carboxylic acids is 1. The Hall–Kier alpha value is -3.25. The highest BCUT2D eigenvalue weighted by Crippen LogP contribution is 2.15. The molecule has 0 bridgehead atoms. The molecule has 28 heavy (non-hydrogen) atoms. The summed E-state index contributed by atoms with van der Waals surface area (Å²) in [6.45, 7) is 1.73. The summed E-state index contributed by atoms with van der Waals surface area (Å²) in [5, 5.41) is 14.9. The van der Waals surface area contributed by atoms with Gasteiger partial charge in [0.25, 0.3) is 5.91 Å². The lowest BCUT2D eigenvalue weighted by molar-refractivity contribution is -0.753. The average molecular weight is 410 g/mol. The van der Waals surface area contributed by atoms with Crippen LogP contribution in [0.2, 0.25) is 0 Å². The van der Waals surface area contributed by atoms with Crippen LogP contribution < -0.4 is 10.00 Å². The molecular weight excluding hydrogens is 391 g/mol. The second-order valence-corrected chi connectivity index (χ2v) is 5.03. The highest BCUT2D eigenvalue weighted by Gasteiger charge is 2.40. The number of aryl methyl sites for hydroxylation is 1. The Morgan fingerprint density at radius 2 is 1.86 bits per heavy atom. The number of amides is 1. The van der Waals surface area contributed by atoms with E-state index in [2.05, 4.69) is 19.9 Å². The number of aromatic nitrogens is 2. The van der Waals surface area contributed by atoms with Crippen LogP contribution in [0.3, 0.4) is 0 Å². The van der Waals surface area contributed by atoms with E-state index in [0.717, 1.165) is 0 Å². The number of halogens is 3. The first-order valence-corrected chi connectivity index (χ1v) is 7.53. The predicted octanol–water partition coefficient (Wildman–Crippen LogP) is -0.143. The van der Waals surface area contributed by atoms with Crippen molar-refractivity contribution in [3.05, 3.63) is 24.0 Å². The molecule has 156 valence electrons. The molecule has 1 aromatic heterocycles. The number of methoxy groups -OCH3 is 2. The first kappa shape index (κ1) is 24.8. The molecule has 1 heterocycles. The van der Waals surface area contributed by atoms with Crippen molar-refractivity contribution in [1.82, 2.24) is 10.4 Å². The van der Waals surface area contributed by atoms with Crippen LogP contribution in [0.1, 0.15) is 23.7 Å². The number of rotatable bonds is 6. The van der Waals surface area contributed by atoms with Crippen LogP contribution in [0.25, 0.3) is 0 Å². The zero-order valence-electron chi connectivity index (χ0n) is 15.1. The van der Waals surface area contributed by atoms with Gasteiger partial charge in [-0.05, 0) is 12.0 Å². The Morgan fingerprint density at radius 1 is 1.25 bits per heavy atom. The molecule has 0 spiro atoms. The molecule has 1 aromatic rings. The maximum atomic E-state index is 11.8. The third-order valence-corrected chi connectivity index (χ3v) is 2.91. The number of hydrogen-bond donors (Lipinski definition) is 2. The third-order valence-electron chi connectivity index (χ3n) is 2.91. The van der Waals surface area contributed by atoms with Gasteiger partial charge in [0.1, 0.15) is 18.7 Å². The average Bonchev–Trinajstić information content (AvgIpc) is 2.64. The highest BCUT2D eigenvalue weighted by atomic mass is 19.4. The lowest BCUT2D eigenvalue weighted by Crippen LogP contribution is -2.41. The summed E-state index contributed by atoms with van der Waals surface area (Å²) >= 11 is 0. The molecule has 0 fully saturated rings. The number of carbonyl (C=O) groups excluding carboxylic acids is 3. The maximum Gasteiger partial charge on any atom is 0.490 e. The molecule has 1 rings (SSSR count). The normalized spacial score (nSPS) is 11.4. The van der Waals surface area contributed by atoms with E-state index in [1.165, 1.54) is 37.2 Å². The lowest BCUT2D eigenvalue weighted by atomic mass is 10.2. The van der Waals surface area contributed by atoms with Gasteiger partial charge in [-0.15, -0.1) is 0 Å². The molecule has 0 saturated carbocycles. The van der Waals surface area contributed by atoms with E-state index in [4.69, 9.17) is 5.11 Å². The molecule has 0 aromatic carbocycles. The topological polar surface area (TPSA) is 136 Å². The Kier molecular flexibility index (Phi) is 10.1. The Labute approximate surface area is 157 Å². The van der Waals surface area contributed by atoms with Crippen LogP contribution >= 0.6 is 0 Å². The van der Waals surface area contributed by atoms with Crippen molar-refractivity contribution in [3.8, 4) is 0 Å². The van der Waals surface area contributed by atoms with Crippen molar-refractivity contribution >= 4 is 23.8 Å². The molecule has 0 aliphatic carbocycles. The molecule has 0 saturated heterocycles. The maximum absolute atomic E-state index is 11.8. The van der Waals surface area contributed by atoms with Crippen molar-refractivity contribution in [2.75, 3.05) is 14.2 Å². The first-order chi connectivity index (χ1) is 12.9. The molecule has 10 nitrogen and oxygen atoms in total. The zero-order valence-corrected chi connectivity index (χ0v) is 15.1. The number of esters is 2. The zero-order chi connectivity index (χ0) is 21.9. The van der Waals surface area contributed by atoms with Crippen molar-refractivity contribution in [3.63, 3.8) is 0 Å². The number of alkyl halides is 3. The molecule has 1 amide bonds. The van der Waals surface area contributed by atoms with E-state index >= 15 is 0 Å². The van der Waals surface area contributed by atoms with E-state index in [0.29, 0.717) is 7.11 Å². The summed E-state index contributed by atoms with van der Waals surface area (Å²) in [6, 6.07) is 0.737. The van der Waals surface area contributed by atoms with Gasteiger partial charge in [-0.25, -0.2) is 9.59 Å². The fourth-order valence-corrected chi connectivity index (χ4v) is 1.49. The number of carboxylic acids is 1. The SMILES string of the molecule is COC(=O)C(C)NC(=O)c1cc[n+](CCC(=O)O)nc1.COC(=O)C(F)(F)F. The largest absolute Gasteiger partial charge is 0.490 e. The van der Waals surface area contributed by atoms with Gasteiger partial charge >= 0.3 is 24.1 Å². The summed E-state index contributed by atoms with van der Waals surface area (Å²) in [7, 11) is 1.91. The van der Waals surface area contributed by atoms with Crippen molar-refractivity contribution in [1.29, 1.82) is 0 Å². The predicted molar refractivity (Wildman–Crippen MR) is 83.7 cm³/mol. The number of hydrogen-bond acceptors (Lipinski definition) is 7. The quantitative estimate of drug-likeness (QED) is 0.489.